The van der Waals surface area contributed by atoms with Gasteiger partial charge in [0, 0.05) is 30.1 Å². The van der Waals surface area contributed by atoms with E-state index in [1.54, 1.807) is 0 Å². The molecule has 2 heterocycles. The topological polar surface area (TPSA) is 61.0 Å². The molecular weight excluding hydrogens is 348 g/mol. The van der Waals surface area contributed by atoms with Gasteiger partial charge in [-0.05, 0) is 63.0 Å². The number of rotatable bonds is 7. The standard InChI is InChI=1S/C20H27ClN4O/c1-14-15(2)23-24-18(14)9-10-20(26)22-13-19(25-11-3-4-12-25)16-5-7-17(21)8-6-16/h5-8,19H,3-4,9-13H2,1-2H3,(H,22,26)(H,23,24)/t19-/m1/s1. The van der Waals surface area contributed by atoms with Crippen molar-refractivity contribution in [1.82, 2.24) is 20.4 Å². The molecule has 140 valence electrons. The summed E-state index contributed by atoms with van der Waals surface area (Å²) in [6, 6.07) is 8.17. The monoisotopic (exact) mass is 374 g/mol. The minimum Gasteiger partial charge on any atom is -0.354 e. The van der Waals surface area contributed by atoms with Crippen LogP contribution in [0.25, 0.3) is 0 Å². The molecule has 1 amide bonds. The van der Waals surface area contributed by atoms with E-state index in [9.17, 15) is 4.79 Å². The summed E-state index contributed by atoms with van der Waals surface area (Å²) in [5, 5.41) is 11.1. The van der Waals surface area contributed by atoms with Crippen LogP contribution in [-0.2, 0) is 11.2 Å². The van der Waals surface area contributed by atoms with Crippen molar-refractivity contribution in [1.29, 1.82) is 0 Å². The van der Waals surface area contributed by atoms with Crippen LogP contribution in [0.15, 0.2) is 24.3 Å². The molecule has 6 heteroatoms. The molecule has 2 N–H and O–H groups in total. The molecular formula is C20H27ClN4O. The maximum Gasteiger partial charge on any atom is 0.220 e. The summed E-state index contributed by atoms with van der Waals surface area (Å²) < 4.78 is 0. The minimum atomic E-state index is 0.0724. The Bertz CT molecular complexity index is 735. The lowest BCUT2D eigenvalue weighted by Gasteiger charge is -2.28. The van der Waals surface area contributed by atoms with Crippen molar-refractivity contribution in [2.45, 2.75) is 45.6 Å². The Balaban J connectivity index is 1.57. The Kier molecular flexibility index (Phi) is 6.33. The fourth-order valence-electron chi connectivity index (χ4n) is 3.51. The Morgan fingerprint density at radius 3 is 2.58 bits per heavy atom. The number of aromatic amines is 1. The van der Waals surface area contributed by atoms with Gasteiger partial charge in [0.15, 0.2) is 0 Å². The van der Waals surface area contributed by atoms with Crippen molar-refractivity contribution in [3.63, 3.8) is 0 Å². The van der Waals surface area contributed by atoms with E-state index < -0.39 is 0 Å². The summed E-state index contributed by atoms with van der Waals surface area (Å²) in [6.45, 7) is 6.82. The molecule has 1 aliphatic rings. The van der Waals surface area contributed by atoms with Gasteiger partial charge in [-0.3, -0.25) is 14.8 Å². The molecule has 0 aliphatic carbocycles. The van der Waals surface area contributed by atoms with E-state index in [1.807, 2.05) is 26.0 Å². The second kappa shape index (κ2) is 8.69. The third kappa shape index (κ3) is 4.65. The number of carbonyl (C=O) groups excluding carboxylic acids is 1. The van der Waals surface area contributed by atoms with Crippen LogP contribution < -0.4 is 5.32 Å². The number of likely N-dealkylation sites (tertiary alicyclic amines) is 1. The first-order valence-electron chi connectivity index (χ1n) is 9.31. The Morgan fingerprint density at radius 2 is 1.96 bits per heavy atom. The number of H-pyrrole nitrogens is 1. The number of hydrogen-bond acceptors (Lipinski definition) is 3. The van der Waals surface area contributed by atoms with Crippen molar-refractivity contribution in [2.75, 3.05) is 19.6 Å². The van der Waals surface area contributed by atoms with Crippen LogP contribution in [0.2, 0.25) is 5.02 Å². The molecule has 0 unspecified atom stereocenters. The molecule has 0 saturated carbocycles. The van der Waals surface area contributed by atoms with Crippen molar-refractivity contribution < 1.29 is 4.79 Å². The quantitative estimate of drug-likeness (QED) is 0.778. The van der Waals surface area contributed by atoms with Crippen LogP contribution in [0.4, 0.5) is 0 Å². The fourth-order valence-corrected chi connectivity index (χ4v) is 3.63. The third-order valence-electron chi connectivity index (χ3n) is 5.27. The molecule has 1 aromatic heterocycles. The molecule has 26 heavy (non-hydrogen) atoms. The highest BCUT2D eigenvalue weighted by atomic mass is 35.5. The van der Waals surface area contributed by atoms with Gasteiger partial charge >= 0.3 is 0 Å². The van der Waals surface area contributed by atoms with Gasteiger partial charge in [-0.25, -0.2) is 0 Å². The summed E-state index contributed by atoms with van der Waals surface area (Å²) in [5.74, 6) is 0.0724. The van der Waals surface area contributed by atoms with Gasteiger partial charge in [0.05, 0.1) is 11.7 Å². The van der Waals surface area contributed by atoms with E-state index in [4.69, 9.17) is 11.6 Å². The molecule has 1 fully saturated rings. The highest BCUT2D eigenvalue weighted by molar-refractivity contribution is 6.30. The van der Waals surface area contributed by atoms with E-state index >= 15 is 0 Å². The normalized spacial score (nSPS) is 16.0. The van der Waals surface area contributed by atoms with E-state index in [1.165, 1.54) is 18.4 Å². The van der Waals surface area contributed by atoms with Gasteiger partial charge in [-0.1, -0.05) is 23.7 Å². The number of nitrogens with zero attached hydrogens (tertiary/aromatic N) is 2. The molecule has 3 rings (SSSR count). The van der Waals surface area contributed by atoms with E-state index in [-0.39, 0.29) is 11.9 Å². The highest BCUT2D eigenvalue weighted by Gasteiger charge is 2.24. The predicted molar refractivity (Wildman–Crippen MR) is 104 cm³/mol. The lowest BCUT2D eigenvalue weighted by atomic mass is 10.1. The summed E-state index contributed by atoms with van der Waals surface area (Å²) in [7, 11) is 0. The number of carbonyl (C=O) groups is 1. The van der Waals surface area contributed by atoms with Crippen molar-refractivity contribution >= 4 is 17.5 Å². The number of amides is 1. The minimum absolute atomic E-state index is 0.0724. The average molecular weight is 375 g/mol. The lowest BCUT2D eigenvalue weighted by Crippen LogP contribution is -2.36. The van der Waals surface area contributed by atoms with Crippen LogP contribution in [0.5, 0.6) is 0 Å². The number of benzene rings is 1. The number of aryl methyl sites for hydroxylation is 2. The molecule has 5 nitrogen and oxygen atoms in total. The second-order valence-corrected chi connectivity index (χ2v) is 7.47. The molecule has 0 spiro atoms. The van der Waals surface area contributed by atoms with Gasteiger partial charge in [0.1, 0.15) is 0 Å². The molecule has 1 aliphatic heterocycles. The molecule has 1 aromatic carbocycles. The summed E-state index contributed by atoms with van der Waals surface area (Å²) in [5.41, 5.74) is 4.40. The van der Waals surface area contributed by atoms with Crippen molar-refractivity contribution in [3.05, 3.63) is 51.8 Å². The molecule has 0 bridgehead atoms. The van der Waals surface area contributed by atoms with E-state index in [0.29, 0.717) is 19.4 Å². The van der Waals surface area contributed by atoms with Crippen molar-refractivity contribution in [2.24, 2.45) is 0 Å². The average Bonchev–Trinajstić information content (AvgIpc) is 3.27. The highest BCUT2D eigenvalue weighted by Crippen LogP contribution is 2.25. The van der Waals surface area contributed by atoms with Gasteiger partial charge in [-0.15, -0.1) is 0 Å². The number of hydrogen-bond donors (Lipinski definition) is 2. The van der Waals surface area contributed by atoms with E-state index in [2.05, 4.69) is 32.5 Å². The predicted octanol–water partition coefficient (Wildman–Crippen LogP) is 3.57. The maximum atomic E-state index is 12.4. The second-order valence-electron chi connectivity index (χ2n) is 7.03. The molecule has 2 aromatic rings. The van der Waals surface area contributed by atoms with Crippen LogP contribution in [0.1, 0.15) is 47.8 Å². The fraction of sp³-hybridized carbons (Fsp3) is 0.500. The van der Waals surface area contributed by atoms with E-state index in [0.717, 1.165) is 35.1 Å². The smallest absolute Gasteiger partial charge is 0.220 e. The molecule has 1 atom stereocenters. The first kappa shape index (κ1) is 18.9. The van der Waals surface area contributed by atoms with Gasteiger partial charge < -0.3 is 5.32 Å². The van der Waals surface area contributed by atoms with Crippen LogP contribution in [0, 0.1) is 13.8 Å². The van der Waals surface area contributed by atoms with Crippen LogP contribution in [0.3, 0.4) is 0 Å². The van der Waals surface area contributed by atoms with Gasteiger partial charge in [0.2, 0.25) is 5.91 Å². The number of halogens is 1. The Labute approximate surface area is 160 Å². The largest absolute Gasteiger partial charge is 0.354 e. The first-order chi connectivity index (χ1) is 12.5. The zero-order valence-corrected chi connectivity index (χ0v) is 16.3. The summed E-state index contributed by atoms with van der Waals surface area (Å²) in [6.07, 6.45) is 3.56. The Hall–Kier alpha value is -1.85. The summed E-state index contributed by atoms with van der Waals surface area (Å²) in [4.78, 5) is 14.8. The lowest BCUT2D eigenvalue weighted by molar-refractivity contribution is -0.121. The first-order valence-corrected chi connectivity index (χ1v) is 9.69. The van der Waals surface area contributed by atoms with Crippen molar-refractivity contribution in [3.8, 4) is 0 Å². The Morgan fingerprint density at radius 1 is 1.27 bits per heavy atom. The van der Waals surface area contributed by atoms with Gasteiger partial charge in [-0.2, -0.15) is 5.10 Å². The van der Waals surface area contributed by atoms with Crippen LogP contribution in [-0.4, -0.2) is 40.6 Å². The summed E-state index contributed by atoms with van der Waals surface area (Å²) >= 11 is 6.03. The third-order valence-corrected chi connectivity index (χ3v) is 5.52. The SMILES string of the molecule is Cc1[nH]nc(CCC(=O)NC[C@H](c2ccc(Cl)cc2)N2CCCC2)c1C. The molecule has 0 radical (unpaired) electrons. The zero-order chi connectivity index (χ0) is 18.5. The van der Waals surface area contributed by atoms with Crippen LogP contribution >= 0.6 is 11.6 Å². The molecule has 1 saturated heterocycles. The van der Waals surface area contributed by atoms with Gasteiger partial charge in [0.25, 0.3) is 0 Å². The zero-order valence-electron chi connectivity index (χ0n) is 15.5. The maximum absolute atomic E-state index is 12.4. The number of nitrogens with one attached hydrogen (secondary N) is 2. The number of aromatic nitrogens is 2.